The van der Waals surface area contributed by atoms with Crippen molar-refractivity contribution in [3.8, 4) is 0 Å². The monoisotopic (exact) mass is 380 g/mol. The van der Waals surface area contributed by atoms with Gasteiger partial charge in [0.1, 0.15) is 0 Å². The summed E-state index contributed by atoms with van der Waals surface area (Å²) in [5, 5.41) is 86.0. The Bertz CT molecular complexity index is 61.5. The van der Waals surface area contributed by atoms with Gasteiger partial charge in [-0.25, -0.2) is 0 Å². The summed E-state index contributed by atoms with van der Waals surface area (Å²) < 4.78 is 0. The molecule has 0 aliphatic carbocycles. The molecule has 0 aliphatic rings. The molecule has 0 atom stereocenters. The van der Waals surface area contributed by atoms with Crippen molar-refractivity contribution in [2.45, 2.75) is 0 Å². The number of hydrogen-bond acceptors (Lipinski definition) is 12. The fourth-order valence-corrected chi connectivity index (χ4v) is 0. The zero-order valence-electron chi connectivity index (χ0n) is 8.18. The summed E-state index contributed by atoms with van der Waals surface area (Å²) in [6.45, 7) is 0. The van der Waals surface area contributed by atoms with Gasteiger partial charge in [-0.15, -0.1) is 0 Å². The summed E-state index contributed by atoms with van der Waals surface area (Å²) in [6.07, 6.45) is 0. The third-order valence-corrected chi connectivity index (χ3v) is 0. The molecule has 12 N–H and O–H groups in total. The van der Waals surface area contributed by atoms with Crippen molar-refractivity contribution in [2.75, 3.05) is 0 Å². The molecule has 0 aromatic rings. The summed E-state index contributed by atoms with van der Waals surface area (Å²) >= 11 is 0. The molecule has 17 heavy (non-hydrogen) atoms. The first-order valence-corrected chi connectivity index (χ1v) is 3.10. The second-order valence-electron chi connectivity index (χ2n) is 1.39. The van der Waals surface area contributed by atoms with Crippen molar-refractivity contribution >= 4 is 53.0 Å². The van der Waals surface area contributed by atoms with E-state index in [2.05, 4.69) is 0 Å². The van der Waals surface area contributed by atoms with E-state index in [0.29, 0.717) is 0 Å². The molecule has 0 saturated heterocycles. The van der Waals surface area contributed by atoms with Crippen molar-refractivity contribution in [1.29, 1.82) is 0 Å². The van der Waals surface area contributed by atoms with E-state index >= 15 is 0 Å². The molecule has 0 aliphatic heterocycles. The van der Waals surface area contributed by atoms with Crippen LogP contribution >= 0.6 is 0 Å². The quantitative estimate of drug-likeness (QED) is 0.176. The summed E-state index contributed by atoms with van der Waals surface area (Å²) in [5.41, 5.74) is 0. The van der Waals surface area contributed by atoms with Crippen LogP contribution in [0.3, 0.4) is 0 Å². The maximum atomic E-state index is 7.17. The molecule has 0 aromatic carbocycles. The van der Waals surface area contributed by atoms with E-state index in [-0.39, 0.29) is 23.7 Å². The second-order valence-corrected chi connectivity index (χ2v) is 1.39. The number of rotatable bonds is 0. The average molecular weight is 377 g/mol. The van der Waals surface area contributed by atoms with E-state index in [1.165, 1.54) is 0 Å². The topological polar surface area (TPSA) is 243 Å². The molecule has 0 aromatic heterocycles. The molecular formula is H14B4O12Te. The molecule has 0 unspecified atom stereocenters. The van der Waals surface area contributed by atoms with E-state index < -0.39 is 29.3 Å². The van der Waals surface area contributed by atoms with Crippen LogP contribution in [0.25, 0.3) is 0 Å². The Hall–Kier alpha value is 0.569. The van der Waals surface area contributed by atoms with Crippen molar-refractivity contribution in [3.05, 3.63) is 0 Å². The van der Waals surface area contributed by atoms with Gasteiger partial charge in [-0.3, -0.25) is 0 Å². The van der Waals surface area contributed by atoms with Crippen LogP contribution < -0.4 is 0 Å². The third-order valence-electron chi connectivity index (χ3n) is 0. The van der Waals surface area contributed by atoms with Gasteiger partial charge >= 0.3 is 53.0 Å². The zero-order valence-corrected chi connectivity index (χ0v) is 11.0. The second kappa shape index (κ2) is 25.4. The van der Waals surface area contributed by atoms with Crippen molar-refractivity contribution in [1.82, 2.24) is 0 Å². The predicted molar refractivity (Wildman–Crippen MR) is 58.2 cm³/mol. The van der Waals surface area contributed by atoms with Gasteiger partial charge in [-0.1, -0.05) is 0 Å². The van der Waals surface area contributed by atoms with Crippen LogP contribution in [0.4, 0.5) is 0 Å². The van der Waals surface area contributed by atoms with Crippen LogP contribution in [0.15, 0.2) is 0 Å². The molecule has 12 nitrogen and oxygen atoms in total. The van der Waals surface area contributed by atoms with Gasteiger partial charge in [0.25, 0.3) is 0 Å². The zero-order chi connectivity index (χ0) is 14.3. The third kappa shape index (κ3) is 10800. The Morgan fingerprint density at radius 3 is 0.294 bits per heavy atom. The maximum absolute atomic E-state index is 7.17. The fraction of sp³-hybridized carbons (Fsp3) is 0. The first-order chi connectivity index (χ1) is 6.93. The molecule has 0 amide bonds. The Morgan fingerprint density at radius 1 is 0.294 bits per heavy atom. The molecule has 0 bridgehead atoms. The van der Waals surface area contributed by atoms with Crippen LogP contribution in [0, 0.1) is 0 Å². The fourth-order valence-electron chi connectivity index (χ4n) is 0. The summed E-state index contributed by atoms with van der Waals surface area (Å²) in [6, 6.07) is 0. The van der Waals surface area contributed by atoms with Crippen LogP contribution in [0.1, 0.15) is 0 Å². The first-order valence-electron chi connectivity index (χ1n) is 3.10. The summed E-state index contributed by atoms with van der Waals surface area (Å²) in [5.74, 6) is 0. The molecule has 0 saturated carbocycles. The van der Waals surface area contributed by atoms with E-state index in [1.54, 1.807) is 0 Å². The van der Waals surface area contributed by atoms with Crippen LogP contribution in [-0.2, 0) is 0 Å². The SMILES string of the molecule is OB(O)O.OB(O)O.OB(O)O.OB(O)O.[TeH2]. The van der Waals surface area contributed by atoms with Crippen molar-refractivity contribution in [2.24, 2.45) is 0 Å². The van der Waals surface area contributed by atoms with E-state index in [0.717, 1.165) is 0 Å². The standard InChI is InChI=1S/4BH3O3.H2Te/c4*2-1(3)4;/h4*2-4H;1H2. The van der Waals surface area contributed by atoms with Gasteiger partial charge in [-0.05, 0) is 0 Å². The molecule has 0 radical (unpaired) electrons. The minimum atomic E-state index is -2.17. The molecular weight excluding hydrogens is 363 g/mol. The first kappa shape index (κ1) is 30.5. The van der Waals surface area contributed by atoms with E-state index in [1.807, 2.05) is 0 Å². The Kier molecular flexibility index (Phi) is 45.7. The van der Waals surface area contributed by atoms with Crippen molar-refractivity contribution in [3.63, 3.8) is 0 Å². The van der Waals surface area contributed by atoms with Gasteiger partial charge in [0, 0.05) is 0 Å². The molecule has 0 rings (SSSR count). The molecule has 0 heterocycles. The van der Waals surface area contributed by atoms with E-state index in [9.17, 15) is 0 Å². The number of hydrogen-bond donors (Lipinski definition) is 12. The predicted octanol–water partition coefficient (Wildman–Crippen LogP) is -9.12. The van der Waals surface area contributed by atoms with E-state index in [4.69, 9.17) is 60.3 Å². The normalized spacial score (nSPS) is 6.35. The van der Waals surface area contributed by atoms with Gasteiger partial charge in [-0.2, -0.15) is 0 Å². The Balaban J connectivity index is -0.0000000369. The average Bonchev–Trinajstić information content (AvgIpc) is 1.76. The molecule has 0 spiro atoms. The van der Waals surface area contributed by atoms with Crippen LogP contribution in [0.2, 0.25) is 0 Å². The van der Waals surface area contributed by atoms with Crippen LogP contribution in [0.5, 0.6) is 0 Å². The molecule has 0 fully saturated rings. The van der Waals surface area contributed by atoms with Gasteiger partial charge in [0.2, 0.25) is 0 Å². The Morgan fingerprint density at radius 2 is 0.294 bits per heavy atom. The molecule has 17 heteroatoms. The molecule has 104 valence electrons. The summed E-state index contributed by atoms with van der Waals surface area (Å²) in [7, 11) is -8.67. The minimum absolute atomic E-state index is 0. The van der Waals surface area contributed by atoms with Crippen LogP contribution in [-0.4, -0.2) is 113 Å². The van der Waals surface area contributed by atoms with Crippen molar-refractivity contribution < 1.29 is 60.3 Å². The van der Waals surface area contributed by atoms with Gasteiger partial charge in [0.15, 0.2) is 0 Å². The van der Waals surface area contributed by atoms with Gasteiger partial charge in [0.05, 0.1) is 0 Å². The van der Waals surface area contributed by atoms with Gasteiger partial charge < -0.3 is 60.3 Å². The Labute approximate surface area is 113 Å². The summed E-state index contributed by atoms with van der Waals surface area (Å²) in [4.78, 5) is 0.